The van der Waals surface area contributed by atoms with Crippen molar-refractivity contribution in [2.75, 3.05) is 26.4 Å². The van der Waals surface area contributed by atoms with Gasteiger partial charge in [0.2, 0.25) is 0 Å². The minimum atomic E-state index is -5.07. The van der Waals surface area contributed by atoms with E-state index in [0.29, 0.717) is 13.0 Å². The first kappa shape index (κ1) is 67.3. The SMILES string of the molecule is CC/C=C\C/C=C\C/C=C\C/C=C\C/C=C\CCCCCCCCCCCC(=O)OC(COCCCCCCCCCCCC/C=C\C/C=C\CCCCC)COC1OC(CO)C(O)C(OS(=O)(=O)O)C1O. The lowest BCUT2D eigenvalue weighted by Crippen LogP contribution is -2.60. The molecule has 416 valence electrons. The fourth-order valence-corrected chi connectivity index (χ4v) is 8.77. The summed E-state index contributed by atoms with van der Waals surface area (Å²) in [5.41, 5.74) is 0. The van der Waals surface area contributed by atoms with Crippen molar-refractivity contribution in [2.45, 2.75) is 256 Å². The first-order valence-electron chi connectivity index (χ1n) is 28.3. The van der Waals surface area contributed by atoms with Crippen molar-refractivity contribution in [1.29, 1.82) is 0 Å². The van der Waals surface area contributed by atoms with Crippen molar-refractivity contribution < 1.29 is 56.2 Å². The molecule has 6 unspecified atom stereocenters. The van der Waals surface area contributed by atoms with Gasteiger partial charge in [0.05, 0.1) is 19.8 Å². The van der Waals surface area contributed by atoms with E-state index in [1.165, 1.54) is 109 Å². The van der Waals surface area contributed by atoms with Crippen LogP contribution >= 0.6 is 0 Å². The Balaban J connectivity index is 2.32. The highest BCUT2D eigenvalue weighted by Crippen LogP contribution is 2.26. The number of aliphatic hydroxyl groups excluding tert-OH is 3. The maximum Gasteiger partial charge on any atom is 0.397 e. The number of esters is 1. The highest BCUT2D eigenvalue weighted by atomic mass is 32.3. The van der Waals surface area contributed by atoms with E-state index in [1.807, 2.05) is 0 Å². The normalized spacial score (nSPS) is 19.6. The zero-order valence-corrected chi connectivity index (χ0v) is 45.8. The second kappa shape index (κ2) is 49.2. The number of rotatable bonds is 49. The smallest absolute Gasteiger partial charge is 0.397 e. The summed E-state index contributed by atoms with van der Waals surface area (Å²) in [6.45, 7) is 3.85. The average Bonchev–Trinajstić information content (AvgIpc) is 3.36. The molecule has 4 N–H and O–H groups in total. The van der Waals surface area contributed by atoms with Crippen molar-refractivity contribution in [3.63, 3.8) is 0 Å². The molecule has 0 aromatic rings. The van der Waals surface area contributed by atoms with Crippen LogP contribution in [0, 0.1) is 0 Å². The van der Waals surface area contributed by atoms with Crippen LogP contribution < -0.4 is 0 Å². The molecule has 0 spiro atoms. The third-order valence-electron chi connectivity index (χ3n) is 12.5. The fourth-order valence-electron chi connectivity index (χ4n) is 8.26. The molecule has 1 heterocycles. The zero-order valence-electron chi connectivity index (χ0n) is 45.0. The van der Waals surface area contributed by atoms with Crippen molar-refractivity contribution in [3.8, 4) is 0 Å². The van der Waals surface area contributed by atoms with E-state index in [-0.39, 0.29) is 19.6 Å². The van der Waals surface area contributed by atoms with Gasteiger partial charge in [0.15, 0.2) is 6.29 Å². The van der Waals surface area contributed by atoms with E-state index in [0.717, 1.165) is 83.5 Å². The number of hydrogen-bond donors (Lipinski definition) is 4. The molecule has 0 radical (unpaired) electrons. The quantitative estimate of drug-likeness (QED) is 0.0196. The van der Waals surface area contributed by atoms with Gasteiger partial charge < -0.3 is 34.3 Å². The molecular weight excluding hydrogens is 933 g/mol. The van der Waals surface area contributed by atoms with E-state index in [4.69, 9.17) is 18.9 Å². The topological polar surface area (TPSA) is 178 Å². The van der Waals surface area contributed by atoms with Crippen LogP contribution in [0.5, 0.6) is 0 Å². The standard InChI is InChI=1S/C59H102O12S/c1-3-5-7-9-11-13-15-17-19-21-23-25-26-27-28-29-30-32-34-36-38-40-42-44-46-48-55(61)69-53(52-68-59-57(63)58(71-72(64,65)66)56(62)54(50-60)70-59)51-67-49-47-45-43-41-39-37-35-33-31-24-22-20-18-16-14-12-10-8-6-4-2/h5,7,11-14,17-20,23,25,27-28,53-54,56-60,62-63H,3-4,6,8-10,15-16,21-22,24,26,29-52H2,1-2H3,(H,64,65,66)/b7-5-,13-11-,14-12-,19-17-,20-18-,25-23-,28-27-. The number of ether oxygens (including phenoxy) is 4. The molecule has 1 saturated heterocycles. The van der Waals surface area contributed by atoms with Gasteiger partial charge in [0.1, 0.15) is 30.5 Å². The Bertz CT molecular complexity index is 1570. The lowest BCUT2D eigenvalue weighted by molar-refractivity contribution is -0.301. The second-order valence-electron chi connectivity index (χ2n) is 19.1. The molecule has 0 aromatic heterocycles. The molecule has 1 aliphatic rings. The van der Waals surface area contributed by atoms with E-state index < -0.39 is 59.8 Å². The Morgan fingerprint density at radius 3 is 1.40 bits per heavy atom. The summed E-state index contributed by atoms with van der Waals surface area (Å²) in [4.78, 5) is 13.0. The highest BCUT2D eigenvalue weighted by Gasteiger charge is 2.48. The largest absolute Gasteiger partial charge is 0.457 e. The van der Waals surface area contributed by atoms with Gasteiger partial charge in [-0.3, -0.25) is 9.35 Å². The summed E-state index contributed by atoms with van der Waals surface area (Å²) in [5.74, 6) is -0.408. The number of unbranched alkanes of at least 4 members (excludes halogenated alkanes) is 22. The predicted molar refractivity (Wildman–Crippen MR) is 294 cm³/mol. The zero-order chi connectivity index (χ0) is 52.4. The molecule has 1 aliphatic heterocycles. The van der Waals surface area contributed by atoms with E-state index >= 15 is 0 Å². The van der Waals surface area contributed by atoms with Crippen LogP contribution in [-0.4, -0.2) is 97.5 Å². The maximum atomic E-state index is 13.0. The Morgan fingerprint density at radius 1 is 0.542 bits per heavy atom. The third kappa shape index (κ3) is 41.6. The van der Waals surface area contributed by atoms with Crippen LogP contribution in [0.2, 0.25) is 0 Å². The van der Waals surface area contributed by atoms with Gasteiger partial charge in [-0.05, 0) is 89.9 Å². The van der Waals surface area contributed by atoms with Gasteiger partial charge in [-0.1, -0.05) is 208 Å². The van der Waals surface area contributed by atoms with Crippen LogP contribution in [0.1, 0.15) is 219 Å². The summed E-state index contributed by atoms with van der Waals surface area (Å²) in [6, 6.07) is 0. The summed E-state index contributed by atoms with van der Waals surface area (Å²) < 4.78 is 59.4. The minimum absolute atomic E-state index is 0.0276. The Morgan fingerprint density at radius 2 is 0.958 bits per heavy atom. The molecule has 13 heteroatoms. The predicted octanol–water partition coefficient (Wildman–Crippen LogP) is 14.0. The molecule has 0 aliphatic carbocycles. The van der Waals surface area contributed by atoms with Crippen molar-refractivity contribution >= 4 is 16.4 Å². The number of allylic oxidation sites excluding steroid dienone is 14. The van der Waals surface area contributed by atoms with Crippen LogP contribution in [0.25, 0.3) is 0 Å². The molecule has 6 atom stereocenters. The Kier molecular flexibility index (Phi) is 46.0. The third-order valence-corrected chi connectivity index (χ3v) is 13.0. The molecule has 0 bridgehead atoms. The van der Waals surface area contributed by atoms with Crippen LogP contribution in [-0.2, 0) is 38.3 Å². The van der Waals surface area contributed by atoms with E-state index in [9.17, 15) is 33.1 Å². The van der Waals surface area contributed by atoms with Crippen LogP contribution in [0.15, 0.2) is 85.1 Å². The molecule has 72 heavy (non-hydrogen) atoms. The summed E-state index contributed by atoms with van der Waals surface area (Å²) in [6.07, 6.45) is 57.5. The highest BCUT2D eigenvalue weighted by molar-refractivity contribution is 7.80. The first-order chi connectivity index (χ1) is 35.1. The van der Waals surface area contributed by atoms with E-state index in [1.54, 1.807) is 0 Å². The molecular formula is C59H102O12S. The van der Waals surface area contributed by atoms with E-state index in [2.05, 4.69) is 103 Å². The molecule has 1 rings (SSSR count). The number of hydrogen-bond acceptors (Lipinski definition) is 11. The van der Waals surface area contributed by atoms with Gasteiger partial charge >= 0.3 is 16.4 Å². The van der Waals surface area contributed by atoms with Crippen LogP contribution in [0.3, 0.4) is 0 Å². The van der Waals surface area contributed by atoms with Gasteiger partial charge in [0, 0.05) is 13.0 Å². The molecule has 0 saturated carbocycles. The average molecular weight is 1040 g/mol. The summed E-state index contributed by atoms with van der Waals surface area (Å²) in [5, 5.41) is 30.8. The number of carbonyl (C=O) groups is 1. The molecule has 0 amide bonds. The lowest BCUT2D eigenvalue weighted by Gasteiger charge is -2.41. The fraction of sp³-hybridized carbons (Fsp3) is 0.746. The summed E-state index contributed by atoms with van der Waals surface area (Å²) in [7, 11) is -5.07. The van der Waals surface area contributed by atoms with Crippen molar-refractivity contribution in [3.05, 3.63) is 85.1 Å². The maximum absolute atomic E-state index is 13.0. The minimum Gasteiger partial charge on any atom is -0.457 e. The van der Waals surface area contributed by atoms with Gasteiger partial charge in [0.25, 0.3) is 0 Å². The summed E-state index contributed by atoms with van der Waals surface area (Å²) >= 11 is 0. The molecule has 1 fully saturated rings. The van der Waals surface area contributed by atoms with Gasteiger partial charge in [-0.2, -0.15) is 8.42 Å². The van der Waals surface area contributed by atoms with Gasteiger partial charge in [-0.25, -0.2) is 4.18 Å². The van der Waals surface area contributed by atoms with Gasteiger partial charge in [-0.15, -0.1) is 0 Å². The molecule has 0 aromatic carbocycles. The first-order valence-corrected chi connectivity index (χ1v) is 29.7. The lowest BCUT2D eigenvalue weighted by atomic mass is 9.99. The van der Waals surface area contributed by atoms with Crippen molar-refractivity contribution in [1.82, 2.24) is 0 Å². The molecule has 12 nitrogen and oxygen atoms in total. The monoisotopic (exact) mass is 1030 g/mol. The Labute approximate surface area is 438 Å². The second-order valence-corrected chi connectivity index (χ2v) is 20.2. The number of carbonyl (C=O) groups excluding carboxylic acids is 1. The number of aliphatic hydroxyl groups is 3. The van der Waals surface area contributed by atoms with Crippen LogP contribution in [0.4, 0.5) is 0 Å². The van der Waals surface area contributed by atoms with Crippen molar-refractivity contribution in [2.24, 2.45) is 0 Å². The Hall–Kier alpha value is -2.72.